The lowest BCUT2D eigenvalue weighted by Gasteiger charge is -2.29. The maximum Gasteiger partial charge on any atom is 0.0236 e. The maximum absolute atomic E-state index is 5.70. The predicted molar refractivity (Wildman–Crippen MR) is 90.1 cm³/mol. The first kappa shape index (κ1) is 15.7. The number of nitrogens with zero attached hydrogens (tertiary/aromatic N) is 1. The van der Waals surface area contributed by atoms with Gasteiger partial charge < -0.3 is 5.73 Å². The summed E-state index contributed by atoms with van der Waals surface area (Å²) >= 11 is 0. The van der Waals surface area contributed by atoms with Gasteiger partial charge in [-0.1, -0.05) is 60.7 Å². The molecule has 2 aromatic rings. The summed E-state index contributed by atoms with van der Waals surface area (Å²) in [5.41, 5.74) is 8.46. The fourth-order valence-corrected chi connectivity index (χ4v) is 2.65. The summed E-state index contributed by atoms with van der Waals surface area (Å²) in [7, 11) is 0. The molecule has 2 N–H and O–H groups in total. The van der Waals surface area contributed by atoms with Crippen molar-refractivity contribution in [3.05, 3.63) is 71.8 Å². The highest BCUT2D eigenvalue weighted by Gasteiger charge is 2.14. The molecule has 2 aromatic carbocycles. The van der Waals surface area contributed by atoms with Crippen molar-refractivity contribution in [3.8, 4) is 0 Å². The van der Waals surface area contributed by atoms with Crippen LogP contribution >= 0.6 is 0 Å². The Morgan fingerprint density at radius 1 is 0.905 bits per heavy atom. The molecule has 2 rings (SSSR count). The van der Waals surface area contributed by atoms with Crippen LogP contribution in [0.4, 0.5) is 0 Å². The standard InChI is InChI=1S/C19H26N2/c1-17(15-18-9-4-2-5-10-18)21(14-8-13-20)16-19-11-6-3-7-12-19/h2-7,9-12,17H,8,13-16,20H2,1H3. The number of hydrogen-bond acceptors (Lipinski definition) is 2. The van der Waals surface area contributed by atoms with E-state index in [4.69, 9.17) is 5.73 Å². The van der Waals surface area contributed by atoms with Crippen molar-refractivity contribution >= 4 is 0 Å². The molecule has 0 aliphatic heterocycles. The van der Waals surface area contributed by atoms with Crippen LogP contribution in [0, 0.1) is 0 Å². The van der Waals surface area contributed by atoms with Gasteiger partial charge in [0.25, 0.3) is 0 Å². The van der Waals surface area contributed by atoms with Crippen LogP contribution in [0.15, 0.2) is 60.7 Å². The monoisotopic (exact) mass is 282 g/mol. The highest BCUT2D eigenvalue weighted by atomic mass is 15.1. The van der Waals surface area contributed by atoms with Gasteiger partial charge in [0, 0.05) is 12.6 Å². The quantitative estimate of drug-likeness (QED) is 0.803. The van der Waals surface area contributed by atoms with E-state index in [9.17, 15) is 0 Å². The normalized spacial score (nSPS) is 12.5. The number of rotatable bonds is 8. The SMILES string of the molecule is CC(Cc1ccccc1)N(CCCN)Cc1ccccc1. The van der Waals surface area contributed by atoms with Gasteiger partial charge in [-0.25, -0.2) is 0 Å². The predicted octanol–water partition coefficient (Wildman–Crippen LogP) is 3.47. The average Bonchev–Trinajstić information content (AvgIpc) is 2.53. The number of benzene rings is 2. The Morgan fingerprint density at radius 3 is 2.05 bits per heavy atom. The lowest BCUT2D eigenvalue weighted by molar-refractivity contribution is 0.197. The van der Waals surface area contributed by atoms with Crippen LogP contribution < -0.4 is 5.73 Å². The summed E-state index contributed by atoms with van der Waals surface area (Å²) in [6.07, 6.45) is 2.13. The van der Waals surface area contributed by atoms with E-state index in [2.05, 4.69) is 72.5 Å². The van der Waals surface area contributed by atoms with Gasteiger partial charge in [0.1, 0.15) is 0 Å². The summed E-state index contributed by atoms with van der Waals surface area (Å²) in [5.74, 6) is 0. The number of nitrogens with two attached hydrogens (primary N) is 1. The number of hydrogen-bond donors (Lipinski definition) is 1. The Bertz CT molecular complexity index is 495. The lowest BCUT2D eigenvalue weighted by Crippen LogP contribution is -2.35. The molecule has 0 aromatic heterocycles. The third-order valence-corrected chi connectivity index (χ3v) is 3.88. The van der Waals surface area contributed by atoms with Crippen molar-refractivity contribution in [1.82, 2.24) is 4.90 Å². The molecule has 0 saturated carbocycles. The zero-order chi connectivity index (χ0) is 14.9. The first-order chi connectivity index (χ1) is 10.3. The Morgan fingerprint density at radius 2 is 1.48 bits per heavy atom. The largest absolute Gasteiger partial charge is 0.330 e. The molecule has 0 amide bonds. The third kappa shape index (κ3) is 5.33. The minimum atomic E-state index is 0.513. The summed E-state index contributed by atoms with van der Waals surface area (Å²) in [6.45, 7) is 5.12. The highest BCUT2D eigenvalue weighted by molar-refractivity contribution is 5.17. The van der Waals surface area contributed by atoms with E-state index in [0.717, 1.165) is 32.5 Å². The molecular weight excluding hydrogens is 256 g/mol. The zero-order valence-electron chi connectivity index (χ0n) is 12.9. The Kier molecular flexibility index (Phi) is 6.45. The molecular formula is C19H26N2. The van der Waals surface area contributed by atoms with Crippen molar-refractivity contribution < 1.29 is 0 Å². The summed E-state index contributed by atoms with van der Waals surface area (Å²) in [5, 5.41) is 0. The van der Waals surface area contributed by atoms with Gasteiger partial charge in [-0.05, 0) is 44.0 Å². The van der Waals surface area contributed by atoms with E-state index in [1.165, 1.54) is 11.1 Å². The molecule has 1 unspecified atom stereocenters. The van der Waals surface area contributed by atoms with Crippen LogP contribution in [0.25, 0.3) is 0 Å². The molecule has 0 aliphatic rings. The van der Waals surface area contributed by atoms with Crippen molar-refractivity contribution in [2.45, 2.75) is 32.4 Å². The molecule has 0 radical (unpaired) electrons. The van der Waals surface area contributed by atoms with Crippen LogP contribution in [-0.2, 0) is 13.0 Å². The van der Waals surface area contributed by atoms with Crippen LogP contribution in [0.3, 0.4) is 0 Å². The summed E-state index contributed by atoms with van der Waals surface area (Å²) in [6, 6.07) is 21.9. The second kappa shape index (κ2) is 8.60. The van der Waals surface area contributed by atoms with E-state index in [0.29, 0.717) is 6.04 Å². The van der Waals surface area contributed by atoms with Crippen molar-refractivity contribution in [2.75, 3.05) is 13.1 Å². The molecule has 21 heavy (non-hydrogen) atoms. The molecule has 0 spiro atoms. The Labute approximate surface area is 128 Å². The zero-order valence-corrected chi connectivity index (χ0v) is 12.9. The Balaban J connectivity index is 2.00. The van der Waals surface area contributed by atoms with Crippen LogP contribution in [-0.4, -0.2) is 24.0 Å². The van der Waals surface area contributed by atoms with E-state index >= 15 is 0 Å². The molecule has 0 bridgehead atoms. The smallest absolute Gasteiger partial charge is 0.0236 e. The molecule has 1 atom stereocenters. The maximum atomic E-state index is 5.70. The van der Waals surface area contributed by atoms with E-state index < -0.39 is 0 Å². The van der Waals surface area contributed by atoms with E-state index in [1.54, 1.807) is 0 Å². The fraction of sp³-hybridized carbons (Fsp3) is 0.368. The molecule has 0 heterocycles. The Hall–Kier alpha value is -1.64. The van der Waals surface area contributed by atoms with Crippen molar-refractivity contribution in [1.29, 1.82) is 0 Å². The van der Waals surface area contributed by atoms with Gasteiger partial charge in [-0.15, -0.1) is 0 Å². The lowest BCUT2D eigenvalue weighted by atomic mass is 10.0. The van der Waals surface area contributed by atoms with Crippen molar-refractivity contribution in [3.63, 3.8) is 0 Å². The van der Waals surface area contributed by atoms with Gasteiger partial charge in [0.05, 0.1) is 0 Å². The minimum Gasteiger partial charge on any atom is -0.330 e. The second-order valence-electron chi connectivity index (χ2n) is 5.64. The first-order valence-electron chi connectivity index (χ1n) is 7.81. The topological polar surface area (TPSA) is 29.3 Å². The summed E-state index contributed by atoms with van der Waals surface area (Å²) in [4.78, 5) is 2.54. The van der Waals surface area contributed by atoms with Gasteiger partial charge in [0.15, 0.2) is 0 Å². The third-order valence-electron chi connectivity index (χ3n) is 3.88. The van der Waals surface area contributed by atoms with Crippen LogP contribution in [0.5, 0.6) is 0 Å². The van der Waals surface area contributed by atoms with Crippen LogP contribution in [0.2, 0.25) is 0 Å². The minimum absolute atomic E-state index is 0.513. The second-order valence-corrected chi connectivity index (χ2v) is 5.64. The molecule has 2 nitrogen and oxygen atoms in total. The molecule has 0 aliphatic carbocycles. The van der Waals surface area contributed by atoms with Crippen LogP contribution in [0.1, 0.15) is 24.5 Å². The van der Waals surface area contributed by atoms with Crippen molar-refractivity contribution in [2.24, 2.45) is 5.73 Å². The molecule has 112 valence electrons. The average molecular weight is 282 g/mol. The van der Waals surface area contributed by atoms with Gasteiger partial charge >= 0.3 is 0 Å². The van der Waals surface area contributed by atoms with Gasteiger partial charge in [-0.3, -0.25) is 4.90 Å². The highest BCUT2D eigenvalue weighted by Crippen LogP contribution is 2.13. The van der Waals surface area contributed by atoms with E-state index in [1.807, 2.05) is 0 Å². The first-order valence-corrected chi connectivity index (χ1v) is 7.81. The molecule has 0 fully saturated rings. The van der Waals surface area contributed by atoms with Gasteiger partial charge in [0.2, 0.25) is 0 Å². The molecule has 2 heteroatoms. The fourth-order valence-electron chi connectivity index (χ4n) is 2.65. The van der Waals surface area contributed by atoms with E-state index in [-0.39, 0.29) is 0 Å². The van der Waals surface area contributed by atoms with Gasteiger partial charge in [-0.2, -0.15) is 0 Å². The molecule has 0 saturated heterocycles. The summed E-state index contributed by atoms with van der Waals surface area (Å²) < 4.78 is 0.